The van der Waals surface area contributed by atoms with Crippen LogP contribution in [0.3, 0.4) is 0 Å². The van der Waals surface area contributed by atoms with Crippen LogP contribution in [0.5, 0.6) is 0 Å². The highest BCUT2D eigenvalue weighted by Crippen LogP contribution is 2.41. The minimum Gasteiger partial charge on any atom is -0.445 e. The average molecular weight is 611 g/mol. The summed E-state index contributed by atoms with van der Waals surface area (Å²) < 4.78 is 15.2. The number of nitrogen functional groups attached to an aromatic ring is 1. The number of hydrogen-bond donors (Lipinski definition) is 4. The molecule has 15 nitrogen and oxygen atoms in total. The number of nitrogens with two attached hydrogens (primary N) is 1. The molecule has 3 amide bonds. The molecule has 3 heterocycles. The zero-order valence-electron chi connectivity index (χ0n) is 22.7. The first-order chi connectivity index (χ1) is 19.4. The van der Waals surface area contributed by atoms with Gasteiger partial charge in [0.05, 0.1) is 5.41 Å². The molecule has 41 heavy (non-hydrogen) atoms. The second-order valence-electron chi connectivity index (χ2n) is 9.52. The molecule has 0 spiro atoms. The number of nitrogens with one attached hydrogen (secondary N) is 2. The summed E-state index contributed by atoms with van der Waals surface area (Å²) in [5.41, 5.74) is 4.62. The summed E-state index contributed by atoms with van der Waals surface area (Å²) in [7, 11) is 0. The fourth-order valence-corrected chi connectivity index (χ4v) is 5.38. The topological polar surface area (TPSA) is 212 Å². The summed E-state index contributed by atoms with van der Waals surface area (Å²) in [6.45, 7) is 6.25. The van der Waals surface area contributed by atoms with Gasteiger partial charge in [-0.05, 0) is 39.3 Å². The first-order valence-electron chi connectivity index (χ1n) is 12.2. The Morgan fingerprint density at radius 3 is 2.61 bits per heavy atom. The van der Waals surface area contributed by atoms with Crippen LogP contribution in [0, 0.1) is 5.41 Å². The second kappa shape index (κ2) is 13.5. The minimum atomic E-state index is -1.06. The van der Waals surface area contributed by atoms with Gasteiger partial charge in [0.1, 0.15) is 29.4 Å². The molecule has 1 fully saturated rings. The van der Waals surface area contributed by atoms with Crippen LogP contribution < -0.4 is 16.4 Å². The Kier molecular flexibility index (Phi) is 10.3. The molecule has 0 aliphatic carbocycles. The van der Waals surface area contributed by atoms with Gasteiger partial charge >= 0.3 is 18.0 Å². The Morgan fingerprint density at radius 2 is 2.00 bits per heavy atom. The van der Waals surface area contributed by atoms with E-state index in [-0.39, 0.29) is 28.9 Å². The van der Waals surface area contributed by atoms with E-state index >= 15 is 0 Å². The molecule has 2 atom stereocenters. The van der Waals surface area contributed by atoms with Gasteiger partial charge in [-0.1, -0.05) is 11.2 Å². The highest BCUT2D eigenvalue weighted by molar-refractivity contribution is 8.00. The number of amides is 3. The van der Waals surface area contributed by atoms with Crippen molar-refractivity contribution in [2.75, 3.05) is 31.4 Å². The Hall–Kier alpha value is -4.12. The number of anilines is 1. The molecule has 2 aliphatic rings. The van der Waals surface area contributed by atoms with E-state index < -0.39 is 59.2 Å². The third kappa shape index (κ3) is 7.55. The number of alkyl carbamates (subject to hydrolysis) is 1. The van der Waals surface area contributed by atoms with Crippen molar-refractivity contribution in [1.82, 2.24) is 20.5 Å². The Balaban J connectivity index is 1.77. The van der Waals surface area contributed by atoms with Crippen molar-refractivity contribution in [3.63, 3.8) is 0 Å². The van der Waals surface area contributed by atoms with Gasteiger partial charge in [-0.25, -0.2) is 14.6 Å². The summed E-state index contributed by atoms with van der Waals surface area (Å²) in [6.07, 6.45) is 2.39. The fraction of sp³-hybridized carbons (Fsp3) is 0.458. The van der Waals surface area contributed by atoms with Crippen LogP contribution in [0.15, 0.2) is 34.0 Å². The van der Waals surface area contributed by atoms with Gasteiger partial charge < -0.3 is 35.8 Å². The molecule has 1 saturated heterocycles. The number of nitrogens with zero attached hydrogens (tertiary/aromatic N) is 3. The number of esters is 2. The average Bonchev–Trinajstić information content (AvgIpc) is 3.34. The molecular formula is C24H30N6O9S2. The standard InChI is InChI=1S/C24H30N6O9S2/c1-5-26-23(35)37-8-6-7-12-9-40-19-15(28-17(31)14(29-36)13-10-41-22(25)27-13)18(32)30(19)16(12)20(33)38-11-39-21(34)24(2,3)4/h6-7,10,15,19,36H,5,8-9,11H2,1-4H3,(H2,25,27)(H,26,35)(H,28,31)/b7-6+,29-14+. The van der Waals surface area contributed by atoms with Crippen molar-refractivity contribution in [3.05, 3.63) is 34.5 Å². The lowest BCUT2D eigenvalue weighted by atomic mass is 9.98. The summed E-state index contributed by atoms with van der Waals surface area (Å²) >= 11 is 2.29. The molecule has 222 valence electrons. The Morgan fingerprint density at radius 1 is 1.27 bits per heavy atom. The van der Waals surface area contributed by atoms with E-state index in [1.165, 1.54) is 29.3 Å². The van der Waals surface area contributed by atoms with E-state index in [1.54, 1.807) is 27.7 Å². The predicted molar refractivity (Wildman–Crippen MR) is 148 cm³/mol. The molecule has 2 unspecified atom stereocenters. The molecule has 1 aromatic rings. The molecule has 17 heteroatoms. The number of thiazole rings is 1. The summed E-state index contributed by atoms with van der Waals surface area (Å²) in [4.78, 5) is 67.7. The lowest BCUT2D eigenvalue weighted by Crippen LogP contribution is -2.71. The highest BCUT2D eigenvalue weighted by atomic mass is 32.2. The van der Waals surface area contributed by atoms with Gasteiger partial charge in [0, 0.05) is 17.7 Å². The summed E-state index contributed by atoms with van der Waals surface area (Å²) in [5, 5.41) is 18.2. The third-order valence-electron chi connectivity index (χ3n) is 5.50. The first kappa shape index (κ1) is 31.4. The predicted octanol–water partition coefficient (Wildman–Crippen LogP) is 0.950. The fourth-order valence-electron chi connectivity index (χ4n) is 3.51. The monoisotopic (exact) mass is 610 g/mol. The second-order valence-corrected chi connectivity index (χ2v) is 11.5. The zero-order chi connectivity index (χ0) is 30.3. The van der Waals surface area contributed by atoms with Gasteiger partial charge in [-0.3, -0.25) is 19.3 Å². The largest absolute Gasteiger partial charge is 0.445 e. The Bertz CT molecular complexity index is 1300. The number of rotatable bonds is 10. The number of oxime groups is 1. The number of carbonyl (C=O) groups excluding carboxylic acids is 5. The van der Waals surface area contributed by atoms with Crippen molar-refractivity contribution in [3.8, 4) is 0 Å². The van der Waals surface area contributed by atoms with Crippen molar-refractivity contribution in [2.45, 2.75) is 39.1 Å². The highest BCUT2D eigenvalue weighted by Gasteiger charge is 2.54. The van der Waals surface area contributed by atoms with E-state index in [0.717, 1.165) is 16.2 Å². The maximum atomic E-state index is 13.2. The SMILES string of the molecule is CCNC(=O)OC/C=C/C1=C(C(=O)OCOC(=O)C(C)(C)C)N2C(=O)C(NC(=O)/C(=N/O)c3csc(N)n3)C2SC1. The number of allylic oxidation sites excluding steroid dienone is 1. The van der Waals surface area contributed by atoms with Crippen molar-refractivity contribution in [1.29, 1.82) is 0 Å². The van der Waals surface area contributed by atoms with Gasteiger partial charge in [-0.15, -0.1) is 23.1 Å². The summed E-state index contributed by atoms with van der Waals surface area (Å²) in [5.74, 6) is -2.81. The molecule has 0 radical (unpaired) electrons. The van der Waals surface area contributed by atoms with Crippen LogP contribution in [0.2, 0.25) is 0 Å². The molecule has 0 bridgehead atoms. The number of hydrogen-bond acceptors (Lipinski definition) is 14. The smallest absolute Gasteiger partial charge is 0.407 e. The molecular weight excluding hydrogens is 580 g/mol. The van der Waals surface area contributed by atoms with Crippen molar-refractivity contribution >= 4 is 63.8 Å². The number of carbonyl (C=O) groups is 5. The van der Waals surface area contributed by atoms with Crippen LogP contribution in [0.1, 0.15) is 33.4 Å². The first-order valence-corrected chi connectivity index (χ1v) is 14.2. The number of fused-ring (bicyclic) bond motifs is 1. The van der Waals surface area contributed by atoms with Gasteiger partial charge in [-0.2, -0.15) is 0 Å². The molecule has 5 N–H and O–H groups in total. The van der Waals surface area contributed by atoms with E-state index in [0.29, 0.717) is 12.1 Å². The van der Waals surface area contributed by atoms with Crippen LogP contribution in [0.4, 0.5) is 9.93 Å². The minimum absolute atomic E-state index is 0.0312. The Labute approximate surface area is 243 Å². The number of ether oxygens (including phenoxy) is 3. The van der Waals surface area contributed by atoms with Gasteiger partial charge in [0.25, 0.3) is 11.8 Å². The van der Waals surface area contributed by atoms with E-state index in [2.05, 4.69) is 20.8 Å². The third-order valence-corrected chi connectivity index (χ3v) is 7.48. The van der Waals surface area contributed by atoms with Crippen molar-refractivity contribution in [2.24, 2.45) is 10.6 Å². The van der Waals surface area contributed by atoms with Gasteiger partial charge in [0.2, 0.25) is 6.79 Å². The quantitative estimate of drug-likeness (QED) is 0.0728. The van der Waals surface area contributed by atoms with Crippen molar-refractivity contribution < 1.29 is 43.4 Å². The normalized spacial score (nSPS) is 18.9. The number of aromatic nitrogens is 1. The summed E-state index contributed by atoms with van der Waals surface area (Å²) in [6, 6.07) is -1.06. The van der Waals surface area contributed by atoms with E-state index in [1.807, 2.05) is 0 Å². The van der Waals surface area contributed by atoms with E-state index in [4.69, 9.17) is 19.9 Å². The lowest BCUT2D eigenvalue weighted by molar-refractivity contribution is -0.173. The molecule has 3 rings (SSSR count). The lowest BCUT2D eigenvalue weighted by Gasteiger charge is -2.49. The number of thioether (sulfide) groups is 1. The maximum Gasteiger partial charge on any atom is 0.407 e. The van der Waals surface area contributed by atoms with Crippen LogP contribution >= 0.6 is 23.1 Å². The van der Waals surface area contributed by atoms with Crippen LogP contribution in [0.25, 0.3) is 0 Å². The maximum absolute atomic E-state index is 13.2. The molecule has 0 saturated carbocycles. The number of β-lactam (4-membered cyclic amide) rings is 1. The molecule has 0 aromatic carbocycles. The zero-order valence-corrected chi connectivity index (χ0v) is 24.3. The molecule has 2 aliphatic heterocycles. The molecule has 1 aromatic heterocycles. The van der Waals surface area contributed by atoms with Gasteiger partial charge in [0.15, 0.2) is 10.8 Å². The van der Waals surface area contributed by atoms with Crippen LogP contribution in [-0.4, -0.2) is 87.8 Å². The van der Waals surface area contributed by atoms with E-state index in [9.17, 15) is 29.2 Å². The van der Waals surface area contributed by atoms with Crippen LogP contribution in [-0.2, 0) is 33.4 Å².